The molecule has 150 valence electrons. The average Bonchev–Trinajstić information content (AvgIpc) is 2.78. The summed E-state index contributed by atoms with van der Waals surface area (Å²) in [5.74, 6) is 0.0573. The number of rotatable bonds is 8. The van der Waals surface area contributed by atoms with Gasteiger partial charge in [0.15, 0.2) is 0 Å². The lowest BCUT2D eigenvalue weighted by Crippen LogP contribution is -2.53. The third kappa shape index (κ3) is 4.56. The number of piperidine rings is 3. The first-order chi connectivity index (χ1) is 13.6. The van der Waals surface area contributed by atoms with Gasteiger partial charge in [-0.3, -0.25) is 4.57 Å². The highest BCUT2D eigenvalue weighted by Gasteiger charge is 2.46. The van der Waals surface area contributed by atoms with Gasteiger partial charge in [0, 0.05) is 12.5 Å². The van der Waals surface area contributed by atoms with Crippen LogP contribution in [0.4, 0.5) is 0 Å². The van der Waals surface area contributed by atoms with Gasteiger partial charge in [0.25, 0.3) is 0 Å². The third-order valence-corrected chi connectivity index (χ3v) is 8.11. The van der Waals surface area contributed by atoms with Crippen LogP contribution in [0.5, 0.6) is 0 Å². The zero-order valence-corrected chi connectivity index (χ0v) is 17.0. The number of nitrogens with two attached hydrogens (primary N) is 1. The van der Waals surface area contributed by atoms with Crippen LogP contribution >= 0.6 is 7.60 Å². The van der Waals surface area contributed by atoms with Crippen LogP contribution in [0.25, 0.3) is 0 Å². The second-order valence-corrected chi connectivity index (χ2v) is 10.0. The molecule has 3 fully saturated rings. The largest absolute Gasteiger partial charge is 0.348 e. The predicted octanol–water partition coefficient (Wildman–Crippen LogP) is 4.24. The Labute approximate surface area is 167 Å². The highest BCUT2D eigenvalue weighted by molar-refractivity contribution is 7.54. The van der Waals surface area contributed by atoms with E-state index in [0.717, 1.165) is 43.6 Å². The summed E-state index contributed by atoms with van der Waals surface area (Å²) in [6, 6.07) is 19.5. The van der Waals surface area contributed by atoms with Crippen molar-refractivity contribution in [3.8, 4) is 0 Å². The number of nitrogens with zero attached hydrogens (tertiary/aromatic N) is 1. The van der Waals surface area contributed by atoms with Gasteiger partial charge < -0.3 is 19.7 Å². The Hall–Kier alpha value is -1.49. The average molecular weight is 400 g/mol. The molecule has 5 nitrogen and oxygen atoms in total. The molecule has 28 heavy (non-hydrogen) atoms. The molecule has 2 aromatic carbocycles. The van der Waals surface area contributed by atoms with E-state index in [4.69, 9.17) is 14.8 Å². The van der Waals surface area contributed by atoms with Gasteiger partial charge in [-0.25, -0.2) is 0 Å². The van der Waals surface area contributed by atoms with Crippen molar-refractivity contribution in [3.63, 3.8) is 0 Å². The quantitative estimate of drug-likeness (QED) is 0.672. The van der Waals surface area contributed by atoms with Crippen LogP contribution in [0.15, 0.2) is 60.7 Å². The molecule has 3 aliphatic heterocycles. The van der Waals surface area contributed by atoms with Crippen LogP contribution in [0.2, 0.25) is 0 Å². The van der Waals surface area contributed by atoms with Crippen LogP contribution in [-0.2, 0) is 26.8 Å². The molecule has 2 atom stereocenters. The maximum atomic E-state index is 13.8. The summed E-state index contributed by atoms with van der Waals surface area (Å²) < 4.78 is 25.7. The maximum Gasteiger partial charge on any atom is 0.348 e. The second-order valence-electron chi connectivity index (χ2n) is 7.85. The van der Waals surface area contributed by atoms with Crippen LogP contribution < -0.4 is 5.73 Å². The Bertz CT molecular complexity index is 746. The zero-order chi connectivity index (χ0) is 19.4. The fourth-order valence-electron chi connectivity index (χ4n) is 4.32. The Morgan fingerprint density at radius 2 is 1.43 bits per heavy atom. The summed E-state index contributed by atoms with van der Waals surface area (Å²) in [6.45, 7) is 3.60. The van der Waals surface area contributed by atoms with Gasteiger partial charge in [-0.2, -0.15) is 0 Å². The summed E-state index contributed by atoms with van der Waals surface area (Å²) in [4.78, 5) is 2.42. The van der Waals surface area contributed by atoms with E-state index in [2.05, 4.69) is 4.90 Å². The lowest BCUT2D eigenvalue weighted by molar-refractivity contribution is 0.0417. The molecular weight excluding hydrogens is 371 g/mol. The van der Waals surface area contributed by atoms with Crippen molar-refractivity contribution in [2.24, 2.45) is 17.6 Å². The van der Waals surface area contributed by atoms with Gasteiger partial charge >= 0.3 is 7.60 Å². The Morgan fingerprint density at radius 1 is 0.929 bits per heavy atom. The van der Waals surface area contributed by atoms with E-state index >= 15 is 0 Å². The molecule has 0 radical (unpaired) electrons. The van der Waals surface area contributed by atoms with Crippen LogP contribution in [0, 0.1) is 11.8 Å². The molecule has 3 saturated heterocycles. The van der Waals surface area contributed by atoms with E-state index in [-0.39, 0.29) is 19.1 Å². The molecule has 2 N–H and O–H groups in total. The van der Waals surface area contributed by atoms with Gasteiger partial charge in [0.2, 0.25) is 0 Å². The van der Waals surface area contributed by atoms with E-state index in [9.17, 15) is 4.57 Å². The summed E-state index contributed by atoms with van der Waals surface area (Å²) in [5.41, 5.74) is 8.53. The molecular formula is C22H29N2O3P. The highest BCUT2D eigenvalue weighted by Crippen LogP contribution is 2.57. The van der Waals surface area contributed by atoms with Gasteiger partial charge in [-0.1, -0.05) is 60.7 Å². The molecule has 3 heterocycles. The molecule has 6 heteroatoms. The van der Waals surface area contributed by atoms with E-state index < -0.39 is 13.4 Å². The normalized spacial score (nSPS) is 25.5. The summed E-state index contributed by atoms with van der Waals surface area (Å²) in [7, 11) is -3.49. The molecule has 0 saturated carbocycles. The fourth-order valence-corrected chi connectivity index (χ4v) is 6.20. The van der Waals surface area contributed by atoms with E-state index in [0.29, 0.717) is 5.92 Å². The van der Waals surface area contributed by atoms with Crippen molar-refractivity contribution in [1.82, 2.24) is 4.90 Å². The van der Waals surface area contributed by atoms with E-state index in [1.54, 1.807) is 0 Å². The maximum absolute atomic E-state index is 13.8. The Morgan fingerprint density at radius 3 is 1.86 bits per heavy atom. The van der Waals surface area contributed by atoms with Crippen LogP contribution in [-0.4, -0.2) is 30.3 Å². The minimum absolute atomic E-state index is 0.153. The lowest BCUT2D eigenvalue weighted by atomic mass is 9.79. The summed E-state index contributed by atoms with van der Waals surface area (Å²) in [6.07, 6.45) is 2.24. The molecule has 5 rings (SSSR count). The first-order valence-corrected chi connectivity index (χ1v) is 11.7. The van der Waals surface area contributed by atoms with Gasteiger partial charge in [0.05, 0.1) is 13.2 Å². The fraction of sp³-hybridized carbons (Fsp3) is 0.455. The van der Waals surface area contributed by atoms with Crippen LogP contribution in [0.3, 0.4) is 0 Å². The van der Waals surface area contributed by atoms with E-state index in [1.165, 1.54) is 0 Å². The second kappa shape index (κ2) is 8.89. The molecule has 3 aliphatic rings. The number of hydrogen-bond donors (Lipinski definition) is 1. The minimum Gasteiger partial charge on any atom is -0.317 e. The van der Waals surface area contributed by atoms with Gasteiger partial charge in [0.1, 0.15) is 5.78 Å². The van der Waals surface area contributed by atoms with Gasteiger partial charge in [-0.15, -0.1) is 0 Å². The molecule has 0 unspecified atom stereocenters. The number of fused-ring (bicyclic) bond motifs is 3. The molecule has 2 aromatic rings. The molecule has 0 spiro atoms. The van der Waals surface area contributed by atoms with Crippen molar-refractivity contribution in [2.75, 3.05) is 19.6 Å². The van der Waals surface area contributed by atoms with Crippen LogP contribution in [0.1, 0.15) is 24.0 Å². The van der Waals surface area contributed by atoms with Crippen molar-refractivity contribution >= 4 is 7.60 Å². The molecule has 2 bridgehead atoms. The molecule has 0 amide bonds. The lowest BCUT2D eigenvalue weighted by Gasteiger charge is -2.47. The smallest absolute Gasteiger partial charge is 0.317 e. The van der Waals surface area contributed by atoms with Crippen molar-refractivity contribution < 1.29 is 13.6 Å². The SMILES string of the molecule is N[C@@H]([C@H]1CN2CCC1CC2)P(=O)(OCc1ccccc1)OCc1ccccc1. The summed E-state index contributed by atoms with van der Waals surface area (Å²) in [5, 5.41) is 0. The zero-order valence-electron chi connectivity index (χ0n) is 16.2. The highest BCUT2D eigenvalue weighted by atomic mass is 31.2. The number of benzene rings is 2. The molecule has 0 aliphatic carbocycles. The Balaban J connectivity index is 1.50. The van der Waals surface area contributed by atoms with Crippen molar-refractivity contribution in [3.05, 3.63) is 71.8 Å². The Kier molecular flexibility index (Phi) is 6.29. The topological polar surface area (TPSA) is 64.8 Å². The number of hydrogen-bond acceptors (Lipinski definition) is 5. The van der Waals surface area contributed by atoms with E-state index in [1.807, 2.05) is 60.7 Å². The predicted molar refractivity (Wildman–Crippen MR) is 111 cm³/mol. The standard InChI is InChI=1S/C22H29N2O3P/c23-22(21-15-24-13-11-20(21)12-14-24)28(25,26-16-18-7-3-1-4-8-18)27-17-19-9-5-2-6-10-19/h1-10,20-22H,11-17,23H2/t21-,22+/m0/s1. The third-order valence-electron chi connectivity index (χ3n) is 6.02. The minimum atomic E-state index is -3.49. The summed E-state index contributed by atoms with van der Waals surface area (Å²) >= 11 is 0. The first kappa shape index (κ1) is 19.8. The van der Waals surface area contributed by atoms with Crippen molar-refractivity contribution in [2.45, 2.75) is 31.8 Å². The molecule has 0 aromatic heterocycles. The van der Waals surface area contributed by atoms with Crippen molar-refractivity contribution in [1.29, 1.82) is 0 Å². The van der Waals surface area contributed by atoms with Gasteiger partial charge in [-0.05, 0) is 43.0 Å². The first-order valence-electron chi connectivity index (χ1n) is 10.1. The monoisotopic (exact) mass is 400 g/mol.